The molecule has 0 saturated heterocycles. The number of aliphatic hydroxyl groups is 1. The lowest BCUT2D eigenvalue weighted by atomic mass is 9.89. The molecule has 1 fully saturated rings. The molecule has 0 amide bonds. The fraction of sp³-hybridized carbons (Fsp3) is 0.267. The smallest absolute Gasteiger partial charge is 0.314 e. The van der Waals surface area contributed by atoms with Crippen LogP contribution in [0.5, 0.6) is 17.2 Å². The van der Waals surface area contributed by atoms with Crippen LogP contribution in [0.1, 0.15) is 50.7 Å². The Labute approximate surface area is 240 Å². The van der Waals surface area contributed by atoms with Gasteiger partial charge in [0.25, 0.3) is 10.0 Å². The van der Waals surface area contributed by atoms with E-state index in [0.29, 0.717) is 28.6 Å². The normalized spacial score (nSPS) is 14.9. The highest BCUT2D eigenvalue weighted by atomic mass is 32.2. The first-order chi connectivity index (χ1) is 20.0. The first-order valence-corrected chi connectivity index (χ1v) is 14.8. The van der Waals surface area contributed by atoms with Crippen molar-refractivity contribution < 1.29 is 41.0 Å². The monoisotopic (exact) mass is 600 g/mol. The van der Waals surface area contributed by atoms with E-state index in [4.69, 9.17) is 9.47 Å². The van der Waals surface area contributed by atoms with E-state index in [1.807, 2.05) is 4.72 Å². The summed E-state index contributed by atoms with van der Waals surface area (Å²) in [5.74, 6) is -3.57. The maximum Gasteiger partial charge on any atom is 0.314 e. The van der Waals surface area contributed by atoms with Crippen molar-refractivity contribution in [2.75, 3.05) is 4.72 Å². The van der Waals surface area contributed by atoms with E-state index in [-0.39, 0.29) is 34.8 Å². The van der Waals surface area contributed by atoms with Gasteiger partial charge < -0.3 is 14.6 Å². The second kappa shape index (κ2) is 12.0. The van der Waals surface area contributed by atoms with Crippen molar-refractivity contribution in [1.82, 2.24) is 4.98 Å². The molecule has 8 nitrogen and oxygen atoms in total. The number of nitrogens with one attached hydrogen (secondary N) is 1. The Morgan fingerprint density at radius 2 is 1.71 bits per heavy atom. The molecule has 1 unspecified atom stereocenters. The molecule has 0 radical (unpaired) electrons. The van der Waals surface area contributed by atoms with Crippen molar-refractivity contribution in [2.45, 2.75) is 50.0 Å². The van der Waals surface area contributed by atoms with Gasteiger partial charge in [-0.2, -0.15) is 0 Å². The summed E-state index contributed by atoms with van der Waals surface area (Å²) < 4.78 is 81.1. The molecule has 220 valence electrons. The summed E-state index contributed by atoms with van der Waals surface area (Å²) in [6, 6.07) is 9.71. The summed E-state index contributed by atoms with van der Waals surface area (Å²) in [5.41, 5.74) is 0.438. The number of hydrogen-bond acceptors (Lipinski definition) is 7. The number of aliphatic hydroxyl groups excluding tert-OH is 1. The van der Waals surface area contributed by atoms with Crippen molar-refractivity contribution in [2.24, 2.45) is 5.92 Å². The van der Waals surface area contributed by atoms with Crippen LogP contribution in [-0.4, -0.2) is 24.5 Å². The predicted octanol–water partition coefficient (Wildman–Crippen LogP) is 6.78. The van der Waals surface area contributed by atoms with Crippen LogP contribution in [0.15, 0.2) is 65.7 Å². The van der Waals surface area contributed by atoms with Crippen LogP contribution in [0.2, 0.25) is 0 Å². The van der Waals surface area contributed by atoms with E-state index in [2.05, 4.69) is 4.98 Å². The number of ether oxygens (including phenoxy) is 2. The van der Waals surface area contributed by atoms with Crippen LogP contribution in [0.4, 0.5) is 18.9 Å². The number of hydrogen-bond donors (Lipinski definition) is 2. The molecule has 2 N–H and O–H groups in total. The van der Waals surface area contributed by atoms with Crippen LogP contribution < -0.4 is 14.2 Å². The molecule has 0 aliphatic heterocycles. The Bertz CT molecular complexity index is 1760. The van der Waals surface area contributed by atoms with E-state index >= 15 is 4.39 Å². The van der Waals surface area contributed by atoms with E-state index in [1.54, 1.807) is 6.07 Å². The Balaban J connectivity index is 1.40. The van der Waals surface area contributed by atoms with E-state index in [1.165, 1.54) is 31.3 Å². The Morgan fingerprint density at radius 3 is 2.43 bits per heavy atom. The summed E-state index contributed by atoms with van der Waals surface area (Å²) in [5, 5.41) is 10.8. The van der Waals surface area contributed by atoms with E-state index in [9.17, 15) is 27.1 Å². The van der Waals surface area contributed by atoms with Crippen molar-refractivity contribution in [1.29, 1.82) is 0 Å². The summed E-state index contributed by atoms with van der Waals surface area (Å²) in [4.78, 5) is 16.2. The molecule has 3 aromatic carbocycles. The summed E-state index contributed by atoms with van der Waals surface area (Å²) in [6.07, 6.45) is 4.90. The lowest BCUT2D eigenvalue weighted by molar-refractivity contribution is -0.140. The van der Waals surface area contributed by atoms with Gasteiger partial charge in [-0.05, 0) is 62.2 Å². The Kier molecular flexibility index (Phi) is 8.37. The van der Waals surface area contributed by atoms with Crippen LogP contribution in [0.25, 0.3) is 10.9 Å². The van der Waals surface area contributed by atoms with Gasteiger partial charge in [0.15, 0.2) is 11.6 Å². The number of sulfonamides is 1. The van der Waals surface area contributed by atoms with Gasteiger partial charge in [0, 0.05) is 29.3 Å². The van der Waals surface area contributed by atoms with E-state index < -0.39 is 38.5 Å². The topological polar surface area (TPSA) is 115 Å². The molecule has 12 heteroatoms. The average molecular weight is 601 g/mol. The summed E-state index contributed by atoms with van der Waals surface area (Å²) >= 11 is 0. The molecule has 1 saturated carbocycles. The second-order valence-electron chi connectivity index (χ2n) is 10.1. The molecule has 42 heavy (non-hydrogen) atoms. The SMILES string of the molecule is CC(O)c1cc2c(Oc3ccc(NS(=O)(=O)c4cc(F)ccc4F)cc3F)ccnc2cc1OC(=O)C1CCCCC1. The first-order valence-electron chi connectivity index (χ1n) is 13.3. The van der Waals surface area contributed by atoms with Gasteiger partial charge >= 0.3 is 5.97 Å². The highest BCUT2D eigenvalue weighted by molar-refractivity contribution is 7.92. The van der Waals surface area contributed by atoms with Crippen LogP contribution in [0.3, 0.4) is 0 Å². The van der Waals surface area contributed by atoms with Crippen LogP contribution in [0, 0.1) is 23.4 Å². The fourth-order valence-corrected chi connectivity index (χ4v) is 6.00. The molecule has 0 bridgehead atoms. The number of halogens is 3. The van der Waals surface area contributed by atoms with Gasteiger partial charge in [0.1, 0.15) is 28.0 Å². The lowest BCUT2D eigenvalue weighted by Gasteiger charge is -2.21. The first kappa shape index (κ1) is 29.3. The number of nitrogens with zero attached hydrogens (tertiary/aromatic N) is 1. The second-order valence-corrected chi connectivity index (χ2v) is 11.7. The number of pyridine rings is 1. The molecule has 1 aliphatic rings. The van der Waals surface area contributed by atoms with Gasteiger partial charge in [0.2, 0.25) is 0 Å². The van der Waals surface area contributed by atoms with Gasteiger partial charge in [0.05, 0.1) is 23.2 Å². The standard InChI is InChI=1S/C30H27F3N2O6S/c1-17(36)21-15-22-25(16-28(21)41-30(37)18-5-3-2-4-6-18)34-12-11-26(22)40-27-10-8-20(14-24(27)33)35-42(38,39)29-13-19(31)7-9-23(29)32/h7-18,35-36H,2-6H2,1H3. The third kappa shape index (κ3) is 6.34. The summed E-state index contributed by atoms with van der Waals surface area (Å²) in [6.45, 7) is 1.52. The highest BCUT2D eigenvalue weighted by Gasteiger charge is 2.25. The minimum atomic E-state index is -4.56. The van der Waals surface area contributed by atoms with Crippen molar-refractivity contribution >= 4 is 32.6 Å². The van der Waals surface area contributed by atoms with Crippen LogP contribution >= 0.6 is 0 Å². The van der Waals surface area contributed by atoms with Crippen molar-refractivity contribution in [3.63, 3.8) is 0 Å². The molecular weight excluding hydrogens is 573 g/mol. The predicted molar refractivity (Wildman–Crippen MR) is 148 cm³/mol. The third-order valence-electron chi connectivity index (χ3n) is 7.02. The van der Waals surface area contributed by atoms with E-state index in [0.717, 1.165) is 50.3 Å². The Hall–Kier alpha value is -4.16. The maximum atomic E-state index is 15.0. The quantitative estimate of drug-likeness (QED) is 0.169. The van der Waals surface area contributed by atoms with Crippen LogP contribution in [-0.2, 0) is 14.8 Å². The highest BCUT2D eigenvalue weighted by Crippen LogP contribution is 2.37. The van der Waals surface area contributed by atoms with Crippen molar-refractivity contribution in [3.8, 4) is 17.2 Å². The van der Waals surface area contributed by atoms with Gasteiger partial charge in [-0.25, -0.2) is 21.6 Å². The molecule has 0 spiro atoms. The molecule has 1 aliphatic carbocycles. The number of esters is 1. The molecule has 1 atom stereocenters. The fourth-order valence-electron chi connectivity index (χ4n) is 4.86. The zero-order chi connectivity index (χ0) is 30.0. The van der Waals surface area contributed by atoms with Gasteiger partial charge in [-0.1, -0.05) is 19.3 Å². The third-order valence-corrected chi connectivity index (χ3v) is 8.42. The molecule has 4 aromatic rings. The maximum absolute atomic E-state index is 15.0. The average Bonchev–Trinajstić information content (AvgIpc) is 2.95. The zero-order valence-corrected chi connectivity index (χ0v) is 23.3. The Morgan fingerprint density at radius 1 is 0.952 bits per heavy atom. The molecule has 5 rings (SSSR count). The number of carbonyl (C=O) groups excluding carboxylic acids is 1. The zero-order valence-electron chi connectivity index (χ0n) is 22.4. The number of benzene rings is 3. The molecule has 1 aromatic heterocycles. The minimum absolute atomic E-state index is 0.168. The molecule has 1 heterocycles. The summed E-state index contributed by atoms with van der Waals surface area (Å²) in [7, 11) is -4.56. The van der Waals surface area contributed by atoms with Gasteiger partial charge in [-0.15, -0.1) is 0 Å². The number of carbonyl (C=O) groups is 1. The number of anilines is 1. The minimum Gasteiger partial charge on any atom is -0.454 e. The van der Waals surface area contributed by atoms with Crippen molar-refractivity contribution in [3.05, 3.63) is 83.8 Å². The lowest BCUT2D eigenvalue weighted by Crippen LogP contribution is -2.23. The number of fused-ring (bicyclic) bond motifs is 1. The molecular formula is C30H27F3N2O6S. The largest absolute Gasteiger partial charge is 0.454 e. The number of rotatable bonds is 8. The number of aromatic nitrogens is 1. The van der Waals surface area contributed by atoms with Gasteiger partial charge in [-0.3, -0.25) is 14.5 Å².